The Balaban J connectivity index is 0.000000179. The summed E-state index contributed by atoms with van der Waals surface area (Å²) < 4.78 is 179. The van der Waals surface area contributed by atoms with Crippen molar-refractivity contribution in [2.24, 2.45) is 0 Å². The maximum absolute atomic E-state index is 13.7. The van der Waals surface area contributed by atoms with Crippen LogP contribution in [0.3, 0.4) is 0 Å². The van der Waals surface area contributed by atoms with Gasteiger partial charge in [0.2, 0.25) is 5.41 Å². The predicted molar refractivity (Wildman–Crippen MR) is 460 cm³/mol. The number of aryl methyl sites for hydroxylation is 14. The zero-order chi connectivity index (χ0) is 86.8. The molecule has 0 N–H and O–H groups in total. The van der Waals surface area contributed by atoms with E-state index in [9.17, 15) is 52.7 Å². The van der Waals surface area contributed by atoms with E-state index in [1.54, 1.807) is 13.8 Å². The standard InChI is InChI=1S/C26H22O2.C17H14F6.C16H12F6.C15H16.C14H14O.2C8H10/c1-19-3-11-23(12-4-19)27-25-15-7-21(8-16-25)22-9-17-26(18-10-22)28-24-13-5-20(2)6-14-24;1-11-3-7-13(8-4-11)15(16(18,19)20,17(21,22)23)14-9-5-12(2)6-10-14;1-9-3-5-11(13(7-9)15(17,18)19)12-6-4-10(2)8-14(12)16(20,21)22;1-12-3-7-14(8-4-12)11-15-9-5-13(2)6-10-15;1-11-3-7-13(8-4-11)15-14-9-5-12(2)6-10-14;1-7-3-5-8(2)6-4-7;1-7-4-3-5-8(2)6-7/h3-18H,1-2H3;3-10H,1-2H3;3-8H,1-2H3;3-10H,11H2,1-2H3;3-10H,1-2H3;2*3-6H,1-2H3. The lowest BCUT2D eigenvalue weighted by atomic mass is 9.72. The van der Waals surface area contributed by atoms with E-state index in [2.05, 4.69) is 191 Å². The Labute approximate surface area is 692 Å². The Morgan fingerprint density at radius 2 is 0.395 bits per heavy atom. The van der Waals surface area contributed by atoms with Crippen molar-refractivity contribution >= 4 is 0 Å². The van der Waals surface area contributed by atoms with Gasteiger partial charge in [0.1, 0.15) is 34.5 Å². The van der Waals surface area contributed by atoms with Crippen molar-refractivity contribution in [3.8, 4) is 56.8 Å². The number of alkyl halides is 12. The third kappa shape index (κ3) is 28.5. The van der Waals surface area contributed by atoms with Gasteiger partial charge in [0.15, 0.2) is 0 Å². The quantitative estimate of drug-likeness (QED) is 0.114. The van der Waals surface area contributed by atoms with Gasteiger partial charge >= 0.3 is 24.7 Å². The first-order valence-electron chi connectivity index (χ1n) is 38.5. The van der Waals surface area contributed by atoms with Gasteiger partial charge in [-0.1, -0.05) is 321 Å². The van der Waals surface area contributed by atoms with E-state index in [1.807, 2.05) is 121 Å². The predicted octanol–water partition coefficient (Wildman–Crippen LogP) is 31.9. The summed E-state index contributed by atoms with van der Waals surface area (Å²) in [4.78, 5) is 0. The van der Waals surface area contributed by atoms with Crippen LogP contribution in [0.5, 0.6) is 34.5 Å². The molecule has 14 aromatic rings. The summed E-state index contributed by atoms with van der Waals surface area (Å²) in [6.07, 6.45) is -19.5. The van der Waals surface area contributed by atoms with Crippen LogP contribution in [0.2, 0.25) is 0 Å². The zero-order valence-electron chi connectivity index (χ0n) is 69.1. The highest BCUT2D eigenvalue weighted by Gasteiger charge is 2.72. The third-order valence-electron chi connectivity index (χ3n) is 18.9. The highest BCUT2D eigenvalue weighted by molar-refractivity contribution is 5.73. The summed E-state index contributed by atoms with van der Waals surface area (Å²) in [7, 11) is 0. The average molecular weight is 1620 g/mol. The second-order valence-corrected chi connectivity index (χ2v) is 29.6. The molecule has 0 radical (unpaired) electrons. The molecule has 3 nitrogen and oxygen atoms in total. The molecule has 0 amide bonds. The molecule has 0 unspecified atom stereocenters. The second-order valence-electron chi connectivity index (χ2n) is 29.6. The van der Waals surface area contributed by atoms with E-state index in [0.717, 1.165) is 101 Å². The lowest BCUT2D eigenvalue weighted by Gasteiger charge is -2.38. The van der Waals surface area contributed by atoms with Gasteiger partial charge in [0.05, 0.1) is 11.1 Å². The maximum Gasteiger partial charge on any atom is 0.417 e. The Kier molecular flexibility index (Phi) is 32.6. The summed E-state index contributed by atoms with van der Waals surface area (Å²) in [5.74, 6) is 5.10. The smallest absolute Gasteiger partial charge is 0.417 e. The highest BCUT2D eigenvalue weighted by atomic mass is 19.4. The van der Waals surface area contributed by atoms with Crippen LogP contribution in [-0.2, 0) is 24.2 Å². The van der Waals surface area contributed by atoms with Gasteiger partial charge in [-0.15, -0.1) is 0 Å². The Morgan fingerprint density at radius 3 is 0.605 bits per heavy atom. The Bertz CT molecular complexity index is 5000. The van der Waals surface area contributed by atoms with Crippen molar-refractivity contribution in [2.75, 3.05) is 0 Å². The largest absolute Gasteiger partial charge is 0.457 e. The molecule has 0 saturated carbocycles. The van der Waals surface area contributed by atoms with Crippen molar-refractivity contribution < 1.29 is 66.9 Å². The number of hydrogen-bond donors (Lipinski definition) is 0. The highest BCUT2D eigenvalue weighted by Crippen LogP contribution is 2.56. The second kappa shape index (κ2) is 42.2. The lowest BCUT2D eigenvalue weighted by molar-refractivity contribution is -0.288. The maximum atomic E-state index is 13.7. The van der Waals surface area contributed by atoms with Gasteiger partial charge in [-0.3, -0.25) is 0 Å². The molecule has 0 aliphatic carbocycles. The third-order valence-corrected chi connectivity index (χ3v) is 18.9. The molecular weight excluding hydrogens is 1530 g/mol. The Morgan fingerprint density at radius 1 is 0.202 bits per heavy atom. The van der Waals surface area contributed by atoms with Gasteiger partial charge < -0.3 is 14.2 Å². The fourth-order valence-electron chi connectivity index (χ4n) is 12.2. The van der Waals surface area contributed by atoms with E-state index in [-0.39, 0.29) is 0 Å². The van der Waals surface area contributed by atoms with Gasteiger partial charge in [-0.05, 0) is 233 Å². The summed E-state index contributed by atoms with van der Waals surface area (Å²) in [5.41, 5.74) is 10.9. The SMILES string of the molecule is Cc1ccc(-c2ccc(C)cc2C(F)(F)F)c(C(F)(F)F)c1.Cc1ccc(C(c2ccc(C)cc2)(C(F)(F)F)C(F)(F)F)cc1.Cc1ccc(C)cc1.Cc1ccc(Cc2ccc(C)cc2)cc1.Cc1ccc(Oc2ccc(-c3ccc(Oc4ccc(C)cc4)cc3)cc2)cc1.Cc1ccc(Oc2ccc(C)cc2)cc1.Cc1cccc(C)c1. The van der Waals surface area contributed by atoms with E-state index < -0.39 is 63.5 Å². The molecule has 0 bridgehead atoms. The number of benzene rings is 14. The molecule has 0 fully saturated rings. The molecule has 14 aromatic carbocycles. The molecule has 0 spiro atoms. The van der Waals surface area contributed by atoms with Crippen molar-refractivity contribution in [3.63, 3.8) is 0 Å². The number of hydrogen-bond acceptors (Lipinski definition) is 3. The molecule has 0 aliphatic heterocycles. The topological polar surface area (TPSA) is 27.7 Å². The number of halogens is 12. The molecular formula is C104H98F12O3. The van der Waals surface area contributed by atoms with Crippen LogP contribution in [0.25, 0.3) is 22.3 Å². The van der Waals surface area contributed by atoms with E-state index >= 15 is 0 Å². The van der Waals surface area contributed by atoms with E-state index in [4.69, 9.17) is 14.2 Å². The molecule has 616 valence electrons. The zero-order valence-corrected chi connectivity index (χ0v) is 69.1. The van der Waals surface area contributed by atoms with Crippen LogP contribution >= 0.6 is 0 Å². The fraction of sp³-hybridized carbons (Fsp3) is 0.192. The minimum atomic E-state index is -5.53. The number of rotatable bonds is 12. The summed E-state index contributed by atoms with van der Waals surface area (Å²) in [6.45, 7) is 27.0. The molecule has 0 aromatic heterocycles. The molecule has 119 heavy (non-hydrogen) atoms. The van der Waals surface area contributed by atoms with Crippen molar-refractivity contribution in [3.05, 3.63) is 439 Å². The molecule has 15 heteroatoms. The van der Waals surface area contributed by atoms with Crippen LogP contribution in [0, 0.1) is 96.9 Å². The van der Waals surface area contributed by atoms with Crippen molar-refractivity contribution in [2.45, 2.75) is 133 Å². The van der Waals surface area contributed by atoms with Gasteiger partial charge in [0, 0.05) is 0 Å². The van der Waals surface area contributed by atoms with Crippen LogP contribution in [0.1, 0.15) is 111 Å². The van der Waals surface area contributed by atoms with Gasteiger partial charge in [-0.25, -0.2) is 0 Å². The summed E-state index contributed by atoms with van der Waals surface area (Å²) >= 11 is 0. The molecule has 14 rings (SSSR count). The van der Waals surface area contributed by atoms with Crippen molar-refractivity contribution in [1.82, 2.24) is 0 Å². The first-order valence-corrected chi connectivity index (χ1v) is 38.5. The van der Waals surface area contributed by atoms with Crippen LogP contribution in [0.4, 0.5) is 52.7 Å². The van der Waals surface area contributed by atoms with E-state index in [1.165, 1.54) is 117 Å². The summed E-state index contributed by atoms with van der Waals surface area (Å²) in [6, 6.07) is 98.0. The Hall–Kier alpha value is -12.4. The molecule has 0 aliphatic rings. The first-order chi connectivity index (χ1) is 56.2. The first kappa shape index (κ1) is 92.2. The molecule has 0 atom stereocenters. The number of ether oxygens (including phenoxy) is 3. The molecule has 0 heterocycles. The summed E-state index contributed by atoms with van der Waals surface area (Å²) in [5, 5.41) is 0. The van der Waals surface area contributed by atoms with Crippen molar-refractivity contribution in [1.29, 1.82) is 0 Å². The monoisotopic (exact) mass is 1620 g/mol. The normalized spacial score (nSPS) is 11.1. The van der Waals surface area contributed by atoms with Gasteiger partial charge in [-0.2, -0.15) is 52.7 Å². The molecule has 0 saturated heterocycles. The van der Waals surface area contributed by atoms with Crippen LogP contribution < -0.4 is 14.2 Å². The minimum absolute atomic E-state index is 0.330. The van der Waals surface area contributed by atoms with Gasteiger partial charge in [0.25, 0.3) is 0 Å². The van der Waals surface area contributed by atoms with Crippen LogP contribution in [0.15, 0.2) is 328 Å². The van der Waals surface area contributed by atoms with Crippen LogP contribution in [-0.4, -0.2) is 12.4 Å². The van der Waals surface area contributed by atoms with E-state index in [0.29, 0.717) is 22.3 Å². The lowest BCUT2D eigenvalue weighted by Crippen LogP contribution is -2.54. The fourth-order valence-corrected chi connectivity index (χ4v) is 12.2. The minimum Gasteiger partial charge on any atom is -0.457 e. The average Bonchev–Trinajstić information content (AvgIpc) is 0.716.